The smallest absolute Gasteiger partial charge is 0.246 e. The second-order valence-corrected chi connectivity index (χ2v) is 9.86. The van der Waals surface area contributed by atoms with Crippen LogP contribution < -0.4 is 10.2 Å². The topological polar surface area (TPSA) is 50.7 Å². The third-order valence-electron chi connectivity index (χ3n) is 7.70. The summed E-state index contributed by atoms with van der Waals surface area (Å²) >= 11 is 0. The van der Waals surface area contributed by atoms with E-state index in [1.165, 1.54) is 30.4 Å². The maximum Gasteiger partial charge on any atom is 0.246 e. The molecule has 0 spiro atoms. The highest BCUT2D eigenvalue weighted by molar-refractivity contribution is 5.86. The molecular weight excluding hydrogens is 372 g/mol. The number of hydrogen-bond donors (Lipinski definition) is 1. The largest absolute Gasteiger partial charge is 0.497 e. The quantitative estimate of drug-likeness (QED) is 0.566. The average molecular weight is 403 g/mol. The summed E-state index contributed by atoms with van der Waals surface area (Å²) in [5.41, 5.74) is 6.45. The van der Waals surface area contributed by atoms with Gasteiger partial charge < -0.3 is 4.74 Å². The molecule has 4 heteroatoms. The second-order valence-electron chi connectivity index (χ2n) is 9.86. The number of hydrazone groups is 1. The van der Waals surface area contributed by atoms with Crippen LogP contribution in [-0.4, -0.2) is 19.2 Å². The van der Waals surface area contributed by atoms with Crippen LogP contribution >= 0.6 is 0 Å². The van der Waals surface area contributed by atoms with E-state index in [-0.39, 0.29) is 16.7 Å². The standard InChI is InChI=1S/C26H30N2O2/c1-18-3-7-22(8-4-18)25-12-20-11-21(13-25)15-26(14-20,17-25)24(29)28-27-16-19-5-9-23(30-2)10-6-19/h3-10,16,20-21H,11-15,17H2,1-2H3,(H,28,29)/b27-16-/t20-,21-,25?,26?/m1/s1. The average Bonchev–Trinajstić information content (AvgIpc) is 2.73. The van der Waals surface area contributed by atoms with Crippen LogP contribution in [0.5, 0.6) is 5.75 Å². The zero-order valence-electron chi connectivity index (χ0n) is 17.9. The van der Waals surface area contributed by atoms with Crippen molar-refractivity contribution in [2.45, 2.75) is 50.9 Å². The number of hydrogen-bond acceptors (Lipinski definition) is 3. The van der Waals surface area contributed by atoms with Gasteiger partial charge in [0.1, 0.15) is 5.75 Å². The van der Waals surface area contributed by atoms with Gasteiger partial charge in [-0.1, -0.05) is 29.8 Å². The number of rotatable bonds is 5. The number of carbonyl (C=O) groups excluding carboxylic acids is 1. The van der Waals surface area contributed by atoms with Crippen molar-refractivity contribution >= 4 is 12.1 Å². The van der Waals surface area contributed by atoms with E-state index in [4.69, 9.17) is 4.74 Å². The fraction of sp³-hybridized carbons (Fsp3) is 0.462. The Labute approximate surface area is 178 Å². The molecule has 0 unspecified atom stereocenters. The molecule has 156 valence electrons. The lowest BCUT2D eigenvalue weighted by Gasteiger charge is -2.61. The minimum atomic E-state index is -0.272. The van der Waals surface area contributed by atoms with E-state index >= 15 is 0 Å². The van der Waals surface area contributed by atoms with E-state index in [0.29, 0.717) is 11.8 Å². The minimum Gasteiger partial charge on any atom is -0.497 e. The lowest BCUT2D eigenvalue weighted by molar-refractivity contribution is -0.149. The normalized spacial score (nSPS) is 31.8. The molecule has 4 aliphatic carbocycles. The molecular formula is C26H30N2O2. The van der Waals surface area contributed by atoms with Crippen molar-refractivity contribution in [3.8, 4) is 5.75 Å². The molecule has 4 fully saturated rings. The monoisotopic (exact) mass is 402 g/mol. The number of carbonyl (C=O) groups is 1. The molecule has 0 aliphatic heterocycles. The lowest BCUT2D eigenvalue weighted by atomic mass is 9.42. The van der Waals surface area contributed by atoms with Crippen LogP contribution in [0.25, 0.3) is 0 Å². The minimum absolute atomic E-state index is 0.109. The molecule has 1 amide bonds. The van der Waals surface area contributed by atoms with Crippen molar-refractivity contribution in [2.24, 2.45) is 22.4 Å². The van der Waals surface area contributed by atoms with E-state index in [1.807, 2.05) is 24.3 Å². The second kappa shape index (κ2) is 7.26. The van der Waals surface area contributed by atoms with E-state index in [9.17, 15) is 4.79 Å². The molecule has 4 saturated carbocycles. The summed E-state index contributed by atoms with van der Waals surface area (Å²) in [5, 5.41) is 4.30. The summed E-state index contributed by atoms with van der Waals surface area (Å²) in [6.45, 7) is 2.14. The summed E-state index contributed by atoms with van der Waals surface area (Å²) in [5.74, 6) is 2.23. The van der Waals surface area contributed by atoms with Crippen molar-refractivity contribution in [2.75, 3.05) is 7.11 Å². The highest BCUT2D eigenvalue weighted by Crippen LogP contribution is 2.65. The number of aryl methyl sites for hydroxylation is 1. The SMILES string of the molecule is COc1ccc(/C=N\NC(=O)C23C[C@@H]4C[C@@H](C2)CC(c2ccc(C)cc2)(C4)C3)cc1. The molecule has 1 N–H and O–H groups in total. The first kappa shape index (κ1) is 19.3. The Morgan fingerprint density at radius 3 is 2.33 bits per heavy atom. The zero-order valence-corrected chi connectivity index (χ0v) is 17.9. The van der Waals surface area contributed by atoms with E-state index in [0.717, 1.165) is 30.6 Å². The van der Waals surface area contributed by atoms with Gasteiger partial charge in [-0.2, -0.15) is 5.10 Å². The van der Waals surface area contributed by atoms with Crippen LogP contribution in [0.3, 0.4) is 0 Å². The first-order chi connectivity index (χ1) is 14.5. The van der Waals surface area contributed by atoms with E-state index in [2.05, 4.69) is 41.7 Å². The molecule has 4 aliphatic rings. The van der Waals surface area contributed by atoms with Gasteiger partial charge in [0.25, 0.3) is 0 Å². The molecule has 0 aromatic heterocycles. The van der Waals surface area contributed by atoms with Gasteiger partial charge in [0.15, 0.2) is 0 Å². The van der Waals surface area contributed by atoms with Gasteiger partial charge in [-0.25, -0.2) is 5.43 Å². The molecule has 4 nitrogen and oxygen atoms in total. The van der Waals surface area contributed by atoms with Gasteiger partial charge >= 0.3 is 0 Å². The van der Waals surface area contributed by atoms with Crippen LogP contribution in [0, 0.1) is 24.2 Å². The Morgan fingerprint density at radius 2 is 1.70 bits per heavy atom. The van der Waals surface area contributed by atoms with E-state index in [1.54, 1.807) is 13.3 Å². The fourth-order valence-electron chi connectivity index (χ4n) is 6.75. The number of methoxy groups -OCH3 is 1. The van der Waals surface area contributed by atoms with Gasteiger partial charge in [0, 0.05) is 0 Å². The molecule has 0 heterocycles. The van der Waals surface area contributed by atoms with Crippen LogP contribution in [0.4, 0.5) is 0 Å². The van der Waals surface area contributed by atoms with Crippen LogP contribution in [0.1, 0.15) is 55.2 Å². The Morgan fingerprint density at radius 1 is 1.03 bits per heavy atom. The van der Waals surface area contributed by atoms with Crippen LogP contribution in [-0.2, 0) is 10.2 Å². The molecule has 2 aromatic rings. The maximum atomic E-state index is 13.4. The Balaban J connectivity index is 1.35. The number of amides is 1. The van der Waals surface area contributed by atoms with Gasteiger partial charge in [-0.3, -0.25) is 4.79 Å². The molecule has 4 bridgehead atoms. The predicted octanol–water partition coefficient (Wildman–Crippen LogP) is 4.99. The molecule has 2 atom stereocenters. The number of benzene rings is 2. The molecule has 6 rings (SSSR count). The molecule has 2 aromatic carbocycles. The highest BCUT2D eigenvalue weighted by atomic mass is 16.5. The highest BCUT2D eigenvalue weighted by Gasteiger charge is 2.60. The maximum absolute atomic E-state index is 13.4. The summed E-state index contributed by atoms with van der Waals surface area (Å²) < 4.78 is 5.19. The number of nitrogens with one attached hydrogen (secondary N) is 1. The fourth-order valence-corrected chi connectivity index (χ4v) is 6.75. The van der Waals surface area contributed by atoms with Gasteiger partial charge in [0.05, 0.1) is 18.7 Å². The lowest BCUT2D eigenvalue weighted by Crippen LogP contribution is -2.58. The van der Waals surface area contributed by atoms with Gasteiger partial charge in [-0.05, 0) is 98.1 Å². The third kappa shape index (κ3) is 3.32. The van der Waals surface area contributed by atoms with Gasteiger partial charge in [0.2, 0.25) is 5.91 Å². The first-order valence-electron chi connectivity index (χ1n) is 11.1. The number of ether oxygens (including phenoxy) is 1. The molecule has 0 radical (unpaired) electrons. The van der Waals surface area contributed by atoms with Crippen molar-refractivity contribution < 1.29 is 9.53 Å². The predicted molar refractivity (Wildman–Crippen MR) is 119 cm³/mol. The van der Waals surface area contributed by atoms with Crippen molar-refractivity contribution in [1.82, 2.24) is 5.43 Å². The Kier molecular flexibility index (Phi) is 4.68. The van der Waals surface area contributed by atoms with Gasteiger partial charge in [-0.15, -0.1) is 0 Å². The van der Waals surface area contributed by atoms with Crippen molar-refractivity contribution in [3.05, 3.63) is 65.2 Å². The Bertz CT molecular complexity index is 948. The number of nitrogens with zero attached hydrogens (tertiary/aromatic N) is 1. The summed E-state index contributed by atoms with van der Waals surface area (Å²) in [6, 6.07) is 16.7. The molecule has 30 heavy (non-hydrogen) atoms. The van der Waals surface area contributed by atoms with E-state index < -0.39 is 0 Å². The van der Waals surface area contributed by atoms with Crippen LogP contribution in [0.15, 0.2) is 53.6 Å². The Hall–Kier alpha value is -2.62. The third-order valence-corrected chi connectivity index (χ3v) is 7.70. The first-order valence-corrected chi connectivity index (χ1v) is 11.1. The van der Waals surface area contributed by atoms with Crippen LogP contribution in [0.2, 0.25) is 0 Å². The summed E-state index contributed by atoms with van der Waals surface area (Å²) in [7, 11) is 1.65. The van der Waals surface area contributed by atoms with Crippen molar-refractivity contribution in [1.29, 1.82) is 0 Å². The summed E-state index contributed by atoms with van der Waals surface area (Å²) in [4.78, 5) is 13.4. The molecule has 0 saturated heterocycles. The van der Waals surface area contributed by atoms with Crippen molar-refractivity contribution in [3.63, 3.8) is 0 Å². The zero-order chi connectivity index (χ0) is 20.8. The summed E-state index contributed by atoms with van der Waals surface area (Å²) in [6.07, 6.45) is 8.46.